The third-order valence-corrected chi connectivity index (χ3v) is 3.62. The first-order chi connectivity index (χ1) is 13.0. The van der Waals surface area contributed by atoms with E-state index in [0.717, 1.165) is 6.20 Å². The van der Waals surface area contributed by atoms with Crippen molar-refractivity contribution in [2.45, 2.75) is 13.5 Å². The average Bonchev–Trinajstić information content (AvgIpc) is 3.30. The zero-order chi connectivity index (χ0) is 19.4. The number of nitrogens with one attached hydrogen (secondary N) is 1. The fourth-order valence-electron chi connectivity index (χ4n) is 2.31. The predicted molar refractivity (Wildman–Crippen MR) is 94.7 cm³/mol. The Kier molecular flexibility index (Phi) is 5.20. The summed E-state index contributed by atoms with van der Waals surface area (Å²) in [7, 11) is 0. The lowest BCUT2D eigenvalue weighted by Gasteiger charge is -2.07. The van der Waals surface area contributed by atoms with E-state index in [-0.39, 0.29) is 18.1 Å². The zero-order valence-electron chi connectivity index (χ0n) is 14.3. The van der Waals surface area contributed by atoms with Crippen molar-refractivity contribution in [2.75, 3.05) is 0 Å². The lowest BCUT2D eigenvalue weighted by atomic mass is 10.2. The standard InChI is InChI=1S/C18H15F2N5O2/c1-3-4-5-12(11(2)19)9-25-15(16-8-21-10-27-16)6-14(24-25)17-22-7-13(20)18(26)23-17/h3-8,10H,2,9H2,1H3,(H,22,23,26)/b4-3-,12-5-. The Morgan fingerprint density at radius 3 is 2.89 bits per heavy atom. The van der Waals surface area contributed by atoms with Crippen LogP contribution in [0, 0.1) is 5.82 Å². The molecule has 9 heteroatoms. The third kappa shape index (κ3) is 3.97. The first-order valence-corrected chi connectivity index (χ1v) is 7.88. The highest BCUT2D eigenvalue weighted by molar-refractivity contribution is 5.61. The van der Waals surface area contributed by atoms with Gasteiger partial charge >= 0.3 is 0 Å². The van der Waals surface area contributed by atoms with Gasteiger partial charge in [0.2, 0.25) is 5.82 Å². The normalized spacial score (nSPS) is 12.0. The van der Waals surface area contributed by atoms with Gasteiger partial charge in [0.05, 0.1) is 18.9 Å². The summed E-state index contributed by atoms with van der Waals surface area (Å²) in [6, 6.07) is 1.57. The Labute approximate surface area is 152 Å². The molecular weight excluding hydrogens is 356 g/mol. The van der Waals surface area contributed by atoms with Crippen molar-refractivity contribution in [2.24, 2.45) is 0 Å². The van der Waals surface area contributed by atoms with Gasteiger partial charge in [0.25, 0.3) is 5.56 Å². The number of rotatable bonds is 6. The summed E-state index contributed by atoms with van der Waals surface area (Å²) in [5.41, 5.74) is 0.112. The van der Waals surface area contributed by atoms with Crippen LogP contribution in [0.5, 0.6) is 0 Å². The summed E-state index contributed by atoms with van der Waals surface area (Å²) in [4.78, 5) is 21.5. The van der Waals surface area contributed by atoms with Gasteiger partial charge in [0, 0.05) is 5.57 Å². The maximum Gasteiger partial charge on any atom is 0.287 e. The molecule has 0 saturated heterocycles. The Morgan fingerprint density at radius 2 is 2.26 bits per heavy atom. The fraction of sp³-hybridized carbons (Fsp3) is 0.111. The Balaban J connectivity index is 2.09. The van der Waals surface area contributed by atoms with Gasteiger partial charge in [-0.15, -0.1) is 0 Å². The van der Waals surface area contributed by atoms with E-state index >= 15 is 0 Å². The molecule has 3 aromatic heterocycles. The highest BCUT2D eigenvalue weighted by Gasteiger charge is 2.17. The average molecular weight is 371 g/mol. The SMILES string of the molecule is C=C(F)/C(=C\C=C/C)Cn1nc(-c2ncc(F)c(=O)[nH]2)cc1-c1cnco1. The molecule has 0 amide bonds. The van der Waals surface area contributed by atoms with Gasteiger partial charge in [0.1, 0.15) is 17.2 Å². The van der Waals surface area contributed by atoms with Gasteiger partial charge in [-0.3, -0.25) is 9.48 Å². The molecule has 0 aliphatic heterocycles. The smallest absolute Gasteiger partial charge is 0.287 e. The van der Waals surface area contributed by atoms with E-state index in [9.17, 15) is 13.6 Å². The highest BCUT2D eigenvalue weighted by atomic mass is 19.1. The van der Waals surface area contributed by atoms with E-state index in [4.69, 9.17) is 4.42 Å². The lowest BCUT2D eigenvalue weighted by Crippen LogP contribution is -2.12. The molecule has 0 saturated carbocycles. The summed E-state index contributed by atoms with van der Waals surface area (Å²) < 4.78 is 33.7. The zero-order valence-corrected chi connectivity index (χ0v) is 14.3. The van der Waals surface area contributed by atoms with E-state index in [1.807, 2.05) is 0 Å². The minimum Gasteiger partial charge on any atom is -0.442 e. The first-order valence-electron chi connectivity index (χ1n) is 7.88. The van der Waals surface area contributed by atoms with Crippen LogP contribution in [-0.2, 0) is 6.54 Å². The quantitative estimate of drug-likeness (QED) is 0.671. The molecule has 27 heavy (non-hydrogen) atoms. The monoisotopic (exact) mass is 371 g/mol. The molecule has 3 aromatic rings. The van der Waals surface area contributed by atoms with Crippen molar-refractivity contribution in [1.29, 1.82) is 0 Å². The maximum absolute atomic E-state index is 13.8. The summed E-state index contributed by atoms with van der Waals surface area (Å²) in [6.45, 7) is 5.18. The van der Waals surface area contributed by atoms with Crippen LogP contribution < -0.4 is 5.56 Å². The molecule has 0 bridgehead atoms. The number of oxazole rings is 1. The number of allylic oxidation sites excluding steroid dienone is 5. The number of nitrogens with zero attached hydrogens (tertiary/aromatic N) is 4. The second-order valence-electron chi connectivity index (χ2n) is 5.47. The Hall–Kier alpha value is -3.62. The number of H-pyrrole nitrogens is 1. The number of hydrogen-bond donors (Lipinski definition) is 1. The number of aromatic amines is 1. The topological polar surface area (TPSA) is 89.6 Å². The van der Waals surface area contributed by atoms with Crippen LogP contribution in [0.4, 0.5) is 8.78 Å². The molecular formula is C18H15F2N5O2. The highest BCUT2D eigenvalue weighted by Crippen LogP contribution is 2.26. The van der Waals surface area contributed by atoms with Gasteiger partial charge in [0.15, 0.2) is 18.0 Å². The molecule has 0 atom stereocenters. The van der Waals surface area contributed by atoms with Crippen LogP contribution in [0.3, 0.4) is 0 Å². The molecule has 7 nitrogen and oxygen atoms in total. The van der Waals surface area contributed by atoms with E-state index < -0.39 is 17.2 Å². The van der Waals surface area contributed by atoms with Crippen LogP contribution in [0.1, 0.15) is 6.92 Å². The maximum atomic E-state index is 13.8. The fourth-order valence-corrected chi connectivity index (χ4v) is 2.31. The van der Waals surface area contributed by atoms with Crippen LogP contribution in [0.2, 0.25) is 0 Å². The summed E-state index contributed by atoms with van der Waals surface area (Å²) >= 11 is 0. The molecule has 0 aliphatic rings. The number of halogens is 2. The van der Waals surface area contributed by atoms with Crippen LogP contribution in [0.25, 0.3) is 23.0 Å². The number of aromatic nitrogens is 5. The van der Waals surface area contributed by atoms with Gasteiger partial charge < -0.3 is 9.40 Å². The van der Waals surface area contributed by atoms with Crippen molar-refractivity contribution < 1.29 is 13.2 Å². The molecule has 3 heterocycles. The second-order valence-corrected chi connectivity index (χ2v) is 5.47. The van der Waals surface area contributed by atoms with Crippen LogP contribution in [0.15, 0.2) is 70.3 Å². The summed E-state index contributed by atoms with van der Waals surface area (Å²) in [6.07, 6.45) is 8.53. The molecule has 0 aliphatic carbocycles. The molecule has 138 valence electrons. The Bertz CT molecular complexity index is 1080. The first kappa shape index (κ1) is 18.2. The summed E-state index contributed by atoms with van der Waals surface area (Å²) in [5.74, 6) is -1.16. The third-order valence-electron chi connectivity index (χ3n) is 3.62. The van der Waals surface area contributed by atoms with Crippen LogP contribution in [-0.4, -0.2) is 24.7 Å². The molecule has 0 aromatic carbocycles. The van der Waals surface area contributed by atoms with E-state index in [0.29, 0.717) is 17.0 Å². The largest absolute Gasteiger partial charge is 0.442 e. The number of hydrogen-bond acceptors (Lipinski definition) is 5. The molecule has 0 spiro atoms. The second kappa shape index (κ2) is 7.73. The van der Waals surface area contributed by atoms with Gasteiger partial charge in [-0.25, -0.2) is 14.4 Å². The molecule has 0 radical (unpaired) electrons. The van der Waals surface area contributed by atoms with E-state index in [2.05, 4.69) is 26.6 Å². The van der Waals surface area contributed by atoms with Crippen molar-refractivity contribution in [1.82, 2.24) is 24.7 Å². The van der Waals surface area contributed by atoms with Gasteiger partial charge in [-0.1, -0.05) is 24.8 Å². The lowest BCUT2D eigenvalue weighted by molar-refractivity contribution is 0.555. The Morgan fingerprint density at radius 1 is 1.44 bits per heavy atom. The van der Waals surface area contributed by atoms with E-state index in [1.54, 1.807) is 31.2 Å². The molecule has 0 fully saturated rings. The molecule has 3 rings (SSSR count). The van der Waals surface area contributed by atoms with Crippen LogP contribution >= 0.6 is 0 Å². The van der Waals surface area contributed by atoms with Crippen molar-refractivity contribution in [3.63, 3.8) is 0 Å². The molecule has 0 unspecified atom stereocenters. The summed E-state index contributed by atoms with van der Waals surface area (Å²) in [5, 5.41) is 4.34. The van der Waals surface area contributed by atoms with Gasteiger partial charge in [-0.2, -0.15) is 9.49 Å². The van der Waals surface area contributed by atoms with E-state index in [1.165, 1.54) is 17.3 Å². The molecule has 1 N–H and O–H groups in total. The van der Waals surface area contributed by atoms with Crippen molar-refractivity contribution in [3.05, 3.63) is 77.2 Å². The predicted octanol–water partition coefficient (Wildman–Crippen LogP) is 3.41. The van der Waals surface area contributed by atoms with Crippen molar-refractivity contribution in [3.8, 4) is 23.0 Å². The minimum atomic E-state index is -1.00. The minimum absolute atomic E-state index is 0.0428. The van der Waals surface area contributed by atoms with Crippen molar-refractivity contribution >= 4 is 0 Å². The van der Waals surface area contributed by atoms with Gasteiger partial charge in [-0.05, 0) is 13.0 Å².